The first-order valence-electron chi connectivity index (χ1n) is 5.72. The summed E-state index contributed by atoms with van der Waals surface area (Å²) in [6.07, 6.45) is 1.82. The zero-order valence-corrected chi connectivity index (χ0v) is 10.5. The Morgan fingerprint density at radius 2 is 2.31 bits per heavy atom. The van der Waals surface area contributed by atoms with Gasteiger partial charge in [0.2, 0.25) is 0 Å². The van der Waals surface area contributed by atoms with Gasteiger partial charge >= 0.3 is 0 Å². The van der Waals surface area contributed by atoms with Gasteiger partial charge in [0, 0.05) is 25.8 Å². The lowest BCUT2D eigenvalue weighted by Crippen LogP contribution is -2.26. The second kappa shape index (κ2) is 7.44. The summed E-state index contributed by atoms with van der Waals surface area (Å²) >= 11 is 0. The van der Waals surface area contributed by atoms with Crippen molar-refractivity contribution in [1.82, 2.24) is 10.2 Å². The predicted octanol–water partition coefficient (Wildman–Crippen LogP) is 1.47. The van der Waals surface area contributed by atoms with Crippen molar-refractivity contribution < 1.29 is 9.15 Å². The zero-order valence-electron chi connectivity index (χ0n) is 10.5. The van der Waals surface area contributed by atoms with Gasteiger partial charge in [-0.1, -0.05) is 6.92 Å². The molecule has 1 N–H and O–H groups in total. The number of nitrogens with zero attached hydrogens (tertiary/aromatic N) is 1. The largest absolute Gasteiger partial charge is 0.468 e. The third kappa shape index (κ3) is 4.35. The van der Waals surface area contributed by atoms with Crippen LogP contribution < -0.4 is 5.32 Å². The monoisotopic (exact) mass is 226 g/mol. The van der Waals surface area contributed by atoms with E-state index in [9.17, 15) is 0 Å². The number of nitrogens with one attached hydrogen (secondary N) is 1. The predicted molar refractivity (Wildman–Crippen MR) is 64.3 cm³/mol. The third-order valence-corrected chi connectivity index (χ3v) is 2.53. The molecule has 0 aromatic carbocycles. The lowest BCUT2D eigenvalue weighted by atomic mass is 10.3. The van der Waals surface area contributed by atoms with Gasteiger partial charge in [-0.2, -0.15) is 0 Å². The van der Waals surface area contributed by atoms with Gasteiger partial charge in [0.15, 0.2) is 0 Å². The topological polar surface area (TPSA) is 37.6 Å². The van der Waals surface area contributed by atoms with Crippen LogP contribution in [0.25, 0.3) is 0 Å². The summed E-state index contributed by atoms with van der Waals surface area (Å²) in [6, 6.07) is 2.10. The van der Waals surface area contributed by atoms with Crippen LogP contribution in [0.3, 0.4) is 0 Å². The molecule has 16 heavy (non-hydrogen) atoms. The first kappa shape index (κ1) is 13.2. The van der Waals surface area contributed by atoms with Crippen molar-refractivity contribution >= 4 is 0 Å². The molecule has 1 aromatic rings. The average molecular weight is 226 g/mol. The SMILES string of the molecule is CCN(CCOC)Cc1cc(CNC)co1. The van der Waals surface area contributed by atoms with Crippen molar-refractivity contribution in [2.45, 2.75) is 20.0 Å². The molecule has 0 fully saturated rings. The van der Waals surface area contributed by atoms with E-state index in [1.807, 2.05) is 13.3 Å². The summed E-state index contributed by atoms with van der Waals surface area (Å²) in [5.74, 6) is 1.02. The Bertz CT molecular complexity index is 286. The highest BCUT2D eigenvalue weighted by Crippen LogP contribution is 2.10. The van der Waals surface area contributed by atoms with Crippen LogP contribution in [0.4, 0.5) is 0 Å². The molecule has 1 heterocycles. The number of ether oxygens (including phenoxy) is 1. The standard InChI is InChI=1S/C12H22N2O2/c1-4-14(5-6-15-3)9-12-7-11(8-13-2)10-16-12/h7,10,13H,4-6,8-9H2,1-3H3. The molecule has 0 bridgehead atoms. The normalized spacial score (nSPS) is 11.2. The number of likely N-dealkylation sites (N-methyl/N-ethyl adjacent to an activating group) is 1. The van der Waals surface area contributed by atoms with Crippen molar-refractivity contribution in [3.8, 4) is 0 Å². The van der Waals surface area contributed by atoms with Gasteiger partial charge in [-0.25, -0.2) is 0 Å². The van der Waals surface area contributed by atoms with Crippen LogP contribution >= 0.6 is 0 Å². The highest BCUT2D eigenvalue weighted by Gasteiger charge is 2.07. The number of hydrogen-bond donors (Lipinski definition) is 1. The highest BCUT2D eigenvalue weighted by molar-refractivity contribution is 5.12. The van der Waals surface area contributed by atoms with Crippen LogP contribution in [0.2, 0.25) is 0 Å². The van der Waals surface area contributed by atoms with Crippen LogP contribution in [0.15, 0.2) is 16.7 Å². The molecule has 4 nitrogen and oxygen atoms in total. The molecule has 1 rings (SSSR count). The molecule has 0 atom stereocenters. The summed E-state index contributed by atoms with van der Waals surface area (Å²) in [6.45, 7) is 6.56. The molecule has 1 aromatic heterocycles. The van der Waals surface area contributed by atoms with E-state index in [2.05, 4.69) is 23.2 Å². The molecule has 0 amide bonds. The van der Waals surface area contributed by atoms with Crippen molar-refractivity contribution in [2.75, 3.05) is 33.9 Å². The van der Waals surface area contributed by atoms with Crippen LogP contribution in [-0.4, -0.2) is 38.8 Å². The second-order valence-corrected chi connectivity index (χ2v) is 3.81. The summed E-state index contributed by atoms with van der Waals surface area (Å²) < 4.78 is 10.6. The van der Waals surface area contributed by atoms with Crippen LogP contribution in [0.1, 0.15) is 18.2 Å². The van der Waals surface area contributed by atoms with E-state index in [0.717, 1.165) is 38.5 Å². The summed E-state index contributed by atoms with van der Waals surface area (Å²) in [7, 11) is 3.66. The van der Waals surface area contributed by atoms with Crippen molar-refractivity contribution in [1.29, 1.82) is 0 Å². The van der Waals surface area contributed by atoms with E-state index in [1.54, 1.807) is 7.11 Å². The molecule has 0 saturated heterocycles. The van der Waals surface area contributed by atoms with Crippen LogP contribution in [0, 0.1) is 0 Å². The maximum atomic E-state index is 5.51. The van der Waals surface area contributed by atoms with E-state index in [1.165, 1.54) is 5.56 Å². The molecular formula is C12H22N2O2. The van der Waals surface area contributed by atoms with E-state index < -0.39 is 0 Å². The number of furan rings is 1. The van der Waals surface area contributed by atoms with E-state index in [4.69, 9.17) is 9.15 Å². The Morgan fingerprint density at radius 1 is 1.50 bits per heavy atom. The van der Waals surface area contributed by atoms with Gasteiger partial charge in [-0.05, 0) is 19.7 Å². The van der Waals surface area contributed by atoms with Crippen molar-refractivity contribution in [3.63, 3.8) is 0 Å². The van der Waals surface area contributed by atoms with Crippen molar-refractivity contribution in [3.05, 3.63) is 23.7 Å². The summed E-state index contributed by atoms with van der Waals surface area (Å²) in [4.78, 5) is 2.30. The van der Waals surface area contributed by atoms with Gasteiger partial charge in [-0.3, -0.25) is 4.90 Å². The first-order valence-corrected chi connectivity index (χ1v) is 5.72. The molecule has 0 spiro atoms. The Labute approximate surface area is 97.6 Å². The summed E-state index contributed by atoms with van der Waals surface area (Å²) in [5, 5.41) is 3.11. The highest BCUT2D eigenvalue weighted by atomic mass is 16.5. The molecule has 0 radical (unpaired) electrons. The molecule has 0 aliphatic rings. The fraction of sp³-hybridized carbons (Fsp3) is 0.667. The Hall–Kier alpha value is -0.840. The molecule has 0 aliphatic heterocycles. The number of rotatable bonds is 8. The minimum Gasteiger partial charge on any atom is -0.468 e. The molecule has 0 aliphatic carbocycles. The molecule has 0 saturated carbocycles. The maximum Gasteiger partial charge on any atom is 0.118 e. The van der Waals surface area contributed by atoms with Gasteiger partial charge in [-0.15, -0.1) is 0 Å². The summed E-state index contributed by atoms with van der Waals surface area (Å²) in [5.41, 5.74) is 1.19. The molecular weight excluding hydrogens is 204 g/mol. The Balaban J connectivity index is 2.43. The van der Waals surface area contributed by atoms with Gasteiger partial charge in [0.1, 0.15) is 5.76 Å². The number of methoxy groups -OCH3 is 1. The zero-order chi connectivity index (χ0) is 11.8. The average Bonchev–Trinajstić information content (AvgIpc) is 2.72. The molecule has 4 heteroatoms. The van der Waals surface area contributed by atoms with E-state index in [-0.39, 0.29) is 0 Å². The van der Waals surface area contributed by atoms with E-state index >= 15 is 0 Å². The lowest BCUT2D eigenvalue weighted by molar-refractivity contribution is 0.143. The van der Waals surface area contributed by atoms with Gasteiger partial charge in [0.05, 0.1) is 19.4 Å². The number of hydrogen-bond acceptors (Lipinski definition) is 4. The Kier molecular flexibility index (Phi) is 6.15. The van der Waals surface area contributed by atoms with Gasteiger partial charge in [0.25, 0.3) is 0 Å². The Morgan fingerprint density at radius 3 is 2.94 bits per heavy atom. The minimum atomic E-state index is 0.762. The van der Waals surface area contributed by atoms with Gasteiger partial charge < -0.3 is 14.5 Å². The second-order valence-electron chi connectivity index (χ2n) is 3.81. The maximum absolute atomic E-state index is 5.51. The van der Waals surface area contributed by atoms with Crippen molar-refractivity contribution in [2.24, 2.45) is 0 Å². The fourth-order valence-electron chi connectivity index (χ4n) is 1.60. The smallest absolute Gasteiger partial charge is 0.118 e. The minimum absolute atomic E-state index is 0.762. The van der Waals surface area contributed by atoms with Crippen LogP contribution in [-0.2, 0) is 17.8 Å². The quantitative estimate of drug-likeness (QED) is 0.728. The lowest BCUT2D eigenvalue weighted by Gasteiger charge is -2.18. The third-order valence-electron chi connectivity index (χ3n) is 2.53. The fourth-order valence-corrected chi connectivity index (χ4v) is 1.60. The van der Waals surface area contributed by atoms with E-state index in [0.29, 0.717) is 0 Å². The molecule has 0 unspecified atom stereocenters. The van der Waals surface area contributed by atoms with Crippen LogP contribution in [0.5, 0.6) is 0 Å². The molecule has 92 valence electrons. The first-order chi connectivity index (χ1) is 7.80.